The Balaban J connectivity index is 1.70. The lowest BCUT2D eigenvalue weighted by atomic mass is 9.88. The zero-order chi connectivity index (χ0) is 19.9. The van der Waals surface area contributed by atoms with Crippen molar-refractivity contribution in [1.82, 2.24) is 4.90 Å². The van der Waals surface area contributed by atoms with Crippen LogP contribution in [0, 0.1) is 0 Å². The number of alkyl halides is 3. The molecule has 28 heavy (non-hydrogen) atoms. The summed E-state index contributed by atoms with van der Waals surface area (Å²) in [4.78, 5) is 18.0. The van der Waals surface area contributed by atoms with Crippen LogP contribution in [-0.4, -0.2) is 36.9 Å². The summed E-state index contributed by atoms with van der Waals surface area (Å²) < 4.78 is 38.9. The molecule has 2 aliphatic rings. The van der Waals surface area contributed by atoms with E-state index in [2.05, 4.69) is 9.80 Å². The number of likely N-dealkylation sites (tertiary alicyclic amines) is 1. The highest BCUT2D eigenvalue weighted by Crippen LogP contribution is 2.43. The molecule has 1 aromatic heterocycles. The van der Waals surface area contributed by atoms with Crippen molar-refractivity contribution < 1.29 is 18.0 Å². The Hall–Kier alpha value is -1.86. The number of carbonyl (C=O) groups excluding carboxylic acids is 1. The molecule has 2 aromatic rings. The Bertz CT molecular complexity index is 840. The predicted octanol–water partition coefficient (Wildman–Crippen LogP) is 5.10. The van der Waals surface area contributed by atoms with E-state index in [4.69, 9.17) is 0 Å². The van der Waals surface area contributed by atoms with Crippen LogP contribution in [0.25, 0.3) is 0 Å². The van der Waals surface area contributed by atoms with Crippen molar-refractivity contribution in [2.24, 2.45) is 0 Å². The van der Waals surface area contributed by atoms with Crippen LogP contribution in [0.4, 0.5) is 18.9 Å². The summed E-state index contributed by atoms with van der Waals surface area (Å²) >= 11 is 1.64. The number of hydrogen-bond acceptors (Lipinski definition) is 4. The van der Waals surface area contributed by atoms with Crippen LogP contribution < -0.4 is 4.90 Å². The molecule has 0 amide bonds. The minimum atomic E-state index is -4.35. The number of benzene rings is 1. The zero-order valence-electron chi connectivity index (χ0n) is 15.7. The average Bonchev–Trinajstić information content (AvgIpc) is 3.32. The van der Waals surface area contributed by atoms with Gasteiger partial charge in [0.05, 0.1) is 17.5 Å². The van der Waals surface area contributed by atoms with Gasteiger partial charge in [-0.25, -0.2) is 0 Å². The molecule has 0 spiro atoms. The maximum Gasteiger partial charge on any atom is 0.416 e. The molecule has 4 rings (SSSR count). The number of anilines is 1. The lowest BCUT2D eigenvalue weighted by Gasteiger charge is -2.42. The van der Waals surface area contributed by atoms with Crippen molar-refractivity contribution in [2.45, 2.75) is 37.9 Å². The first kappa shape index (κ1) is 19.5. The molecule has 0 N–H and O–H groups in total. The van der Waals surface area contributed by atoms with Gasteiger partial charge in [0.15, 0.2) is 0 Å². The largest absolute Gasteiger partial charge is 0.416 e. The van der Waals surface area contributed by atoms with Gasteiger partial charge in [-0.05, 0) is 74.1 Å². The highest BCUT2D eigenvalue weighted by atomic mass is 32.1. The van der Waals surface area contributed by atoms with E-state index in [-0.39, 0.29) is 17.7 Å². The zero-order valence-corrected chi connectivity index (χ0v) is 16.5. The fourth-order valence-corrected chi connectivity index (χ4v) is 5.39. The van der Waals surface area contributed by atoms with Gasteiger partial charge in [0.2, 0.25) is 0 Å². The monoisotopic (exact) mass is 408 g/mol. The Morgan fingerprint density at radius 2 is 1.82 bits per heavy atom. The fraction of sp³-hybridized carbons (Fsp3) is 0.476. The van der Waals surface area contributed by atoms with Crippen molar-refractivity contribution in [2.75, 3.05) is 31.1 Å². The molecule has 7 heteroatoms. The summed E-state index contributed by atoms with van der Waals surface area (Å²) in [6.07, 6.45) is -1.99. The van der Waals surface area contributed by atoms with Gasteiger partial charge in [0.25, 0.3) is 0 Å². The van der Waals surface area contributed by atoms with Crippen LogP contribution in [0.5, 0.6) is 0 Å². The number of ketones is 1. The smallest absolute Gasteiger partial charge is 0.361 e. The quantitative estimate of drug-likeness (QED) is 0.704. The van der Waals surface area contributed by atoms with Crippen molar-refractivity contribution in [3.05, 3.63) is 51.7 Å². The number of rotatable bonds is 4. The van der Waals surface area contributed by atoms with Gasteiger partial charge < -0.3 is 9.80 Å². The highest BCUT2D eigenvalue weighted by Gasteiger charge is 2.38. The fourth-order valence-electron chi connectivity index (χ4n) is 4.32. The normalized spacial score (nSPS) is 23.1. The van der Waals surface area contributed by atoms with Crippen LogP contribution >= 0.6 is 11.3 Å². The van der Waals surface area contributed by atoms with Crippen molar-refractivity contribution >= 4 is 22.8 Å². The first-order chi connectivity index (χ1) is 13.3. The van der Waals surface area contributed by atoms with E-state index in [0.29, 0.717) is 6.54 Å². The summed E-state index contributed by atoms with van der Waals surface area (Å²) in [5.41, 5.74) is 1.18. The van der Waals surface area contributed by atoms with E-state index in [1.807, 2.05) is 11.4 Å². The number of Topliss-reactive ketones (excluding diaryl/α,β-unsaturated/α-hetero) is 1. The van der Waals surface area contributed by atoms with E-state index in [0.717, 1.165) is 43.0 Å². The molecule has 1 fully saturated rings. The second kappa shape index (κ2) is 7.52. The van der Waals surface area contributed by atoms with Gasteiger partial charge in [-0.3, -0.25) is 4.79 Å². The number of hydrogen-bond donors (Lipinski definition) is 0. The van der Waals surface area contributed by atoms with E-state index >= 15 is 0 Å². The number of thiophene rings is 1. The Labute approximate surface area is 166 Å². The van der Waals surface area contributed by atoms with E-state index in [9.17, 15) is 18.0 Å². The molecule has 3 heterocycles. The van der Waals surface area contributed by atoms with Gasteiger partial charge in [-0.15, -0.1) is 11.3 Å². The molecule has 0 saturated carbocycles. The third-order valence-electron chi connectivity index (χ3n) is 5.81. The Kier molecular flexibility index (Phi) is 5.22. The summed E-state index contributed by atoms with van der Waals surface area (Å²) in [5, 5.41) is 2.02. The second-order valence-corrected chi connectivity index (χ2v) is 8.57. The third-order valence-corrected chi connectivity index (χ3v) is 6.84. The second-order valence-electron chi connectivity index (χ2n) is 7.62. The van der Waals surface area contributed by atoms with Gasteiger partial charge >= 0.3 is 6.18 Å². The summed E-state index contributed by atoms with van der Waals surface area (Å²) in [7, 11) is 0. The SMILES string of the molecule is CC(=O)C1CN(c2ccc(C(F)(F)F)cc2)C(CN2CCCC2)c2sccc21. The summed E-state index contributed by atoms with van der Waals surface area (Å²) in [6, 6.07) is 7.43. The van der Waals surface area contributed by atoms with Crippen LogP contribution in [0.15, 0.2) is 35.7 Å². The molecule has 0 radical (unpaired) electrons. The average molecular weight is 408 g/mol. The van der Waals surface area contributed by atoms with Gasteiger partial charge in [0.1, 0.15) is 5.78 Å². The highest BCUT2D eigenvalue weighted by molar-refractivity contribution is 7.10. The van der Waals surface area contributed by atoms with Gasteiger partial charge in [0, 0.05) is 23.7 Å². The summed E-state index contributed by atoms with van der Waals surface area (Å²) in [6.45, 7) is 5.03. The molecule has 0 bridgehead atoms. The standard InChI is InChI=1S/C21H23F3N2OS/c1-14(27)18-12-26(16-6-4-15(5-7-16)21(22,23)24)19(13-25-9-2-3-10-25)20-17(18)8-11-28-20/h4-8,11,18-19H,2-3,9-10,12-13H2,1H3. The molecular formula is C21H23F3N2OS. The number of halogens is 3. The van der Waals surface area contributed by atoms with Crippen molar-refractivity contribution in [1.29, 1.82) is 0 Å². The van der Waals surface area contributed by atoms with Crippen molar-refractivity contribution in [3.8, 4) is 0 Å². The molecule has 1 aromatic carbocycles. The number of fused-ring (bicyclic) bond motifs is 1. The van der Waals surface area contributed by atoms with Crippen LogP contribution in [0.2, 0.25) is 0 Å². The maximum atomic E-state index is 13.0. The van der Waals surface area contributed by atoms with E-state index in [1.165, 1.54) is 29.9 Å². The Morgan fingerprint density at radius 1 is 1.14 bits per heavy atom. The minimum absolute atomic E-state index is 0.0560. The molecule has 2 aliphatic heterocycles. The molecule has 1 saturated heterocycles. The van der Waals surface area contributed by atoms with Gasteiger partial charge in [-0.1, -0.05) is 0 Å². The molecule has 150 valence electrons. The van der Waals surface area contributed by atoms with Crippen molar-refractivity contribution in [3.63, 3.8) is 0 Å². The van der Waals surface area contributed by atoms with Crippen LogP contribution in [-0.2, 0) is 11.0 Å². The lowest BCUT2D eigenvalue weighted by Crippen LogP contribution is -2.44. The van der Waals surface area contributed by atoms with E-state index in [1.54, 1.807) is 18.3 Å². The molecule has 2 atom stereocenters. The van der Waals surface area contributed by atoms with Crippen LogP contribution in [0.3, 0.4) is 0 Å². The number of carbonyl (C=O) groups is 1. The minimum Gasteiger partial charge on any atom is -0.361 e. The topological polar surface area (TPSA) is 23.6 Å². The molecule has 3 nitrogen and oxygen atoms in total. The van der Waals surface area contributed by atoms with Crippen LogP contribution in [0.1, 0.15) is 47.7 Å². The molecule has 0 aliphatic carbocycles. The maximum absolute atomic E-state index is 13.0. The summed E-state index contributed by atoms with van der Waals surface area (Å²) in [5.74, 6) is -0.144. The Morgan fingerprint density at radius 3 is 2.43 bits per heavy atom. The third kappa shape index (κ3) is 3.70. The first-order valence-electron chi connectivity index (χ1n) is 9.58. The molecule has 2 unspecified atom stereocenters. The molecular weight excluding hydrogens is 385 g/mol. The lowest BCUT2D eigenvalue weighted by molar-refractivity contribution is -0.137. The predicted molar refractivity (Wildman–Crippen MR) is 105 cm³/mol. The first-order valence-corrected chi connectivity index (χ1v) is 10.5. The van der Waals surface area contributed by atoms with E-state index < -0.39 is 11.7 Å². The number of nitrogens with zero attached hydrogens (tertiary/aromatic N) is 2. The van der Waals surface area contributed by atoms with Gasteiger partial charge in [-0.2, -0.15) is 13.2 Å².